The maximum atomic E-state index is 12.1. The molecule has 0 radical (unpaired) electrons. The van der Waals surface area contributed by atoms with E-state index in [1.165, 1.54) is 135 Å². The maximum absolute atomic E-state index is 12.1. The van der Waals surface area contributed by atoms with Crippen molar-refractivity contribution in [1.29, 1.82) is 0 Å². The first-order valence-electron chi connectivity index (χ1n) is 23.5. The Balaban J connectivity index is 3.59. The van der Waals surface area contributed by atoms with Gasteiger partial charge in [0.25, 0.3) is 0 Å². The Bertz CT molecular complexity index is 1030. The lowest BCUT2D eigenvalue weighted by Gasteiger charge is -2.15. The Labute approximate surface area is 350 Å². The number of amides is 1. The van der Waals surface area contributed by atoms with E-state index in [4.69, 9.17) is 13.8 Å². The van der Waals surface area contributed by atoms with Crippen LogP contribution in [0.15, 0.2) is 36.5 Å². The Morgan fingerprint density at radius 3 is 1.44 bits per heavy atom. The van der Waals surface area contributed by atoms with Gasteiger partial charge in [-0.2, -0.15) is 0 Å². The number of esters is 1. The number of phosphoric acid groups is 1. The van der Waals surface area contributed by atoms with E-state index in [2.05, 4.69) is 55.6 Å². The van der Waals surface area contributed by atoms with Crippen LogP contribution in [0.1, 0.15) is 219 Å². The zero-order valence-corrected chi connectivity index (χ0v) is 37.7. The molecule has 0 saturated heterocycles. The van der Waals surface area contributed by atoms with Crippen molar-refractivity contribution in [1.82, 2.24) is 5.32 Å². The van der Waals surface area contributed by atoms with Crippen LogP contribution >= 0.6 is 7.82 Å². The monoisotopic (exact) mass is 826 g/mol. The SMILES string of the molecule is CCCCCC/C=C\C/C=C\CCCCCCCCCC(=O)OCC(O)COP(=O)(O)OCCNC(=O)CCCCCCCCC/C=C\CCCCCCCCC. The van der Waals surface area contributed by atoms with Gasteiger partial charge in [0.05, 0.1) is 13.2 Å². The molecule has 0 rings (SSSR count). The second kappa shape index (κ2) is 43.8. The summed E-state index contributed by atoms with van der Waals surface area (Å²) in [6, 6.07) is 0. The van der Waals surface area contributed by atoms with Crippen molar-refractivity contribution in [3.8, 4) is 0 Å². The van der Waals surface area contributed by atoms with Crippen molar-refractivity contribution in [3.63, 3.8) is 0 Å². The van der Waals surface area contributed by atoms with Crippen LogP contribution in [0.25, 0.3) is 0 Å². The smallest absolute Gasteiger partial charge is 0.463 e. The molecule has 2 unspecified atom stereocenters. The summed E-state index contributed by atoms with van der Waals surface area (Å²) in [6.45, 7) is 3.54. The zero-order chi connectivity index (χ0) is 41.8. The molecule has 0 heterocycles. The summed E-state index contributed by atoms with van der Waals surface area (Å²) in [4.78, 5) is 34.0. The van der Waals surface area contributed by atoms with Crippen LogP contribution in [0, 0.1) is 0 Å². The number of carbonyl (C=O) groups is 2. The van der Waals surface area contributed by atoms with Crippen molar-refractivity contribution in [3.05, 3.63) is 36.5 Å². The number of nitrogens with one attached hydrogen (secondary N) is 1. The Morgan fingerprint density at radius 1 is 0.544 bits per heavy atom. The third-order valence-corrected chi connectivity index (χ3v) is 11.0. The lowest BCUT2D eigenvalue weighted by atomic mass is 10.1. The molecule has 0 aliphatic rings. The van der Waals surface area contributed by atoms with Gasteiger partial charge in [-0.3, -0.25) is 18.6 Å². The normalized spacial score (nSPS) is 13.5. The van der Waals surface area contributed by atoms with E-state index in [0.29, 0.717) is 6.42 Å². The first-order valence-corrected chi connectivity index (χ1v) is 25.0. The molecule has 0 spiro atoms. The van der Waals surface area contributed by atoms with Gasteiger partial charge < -0.3 is 20.1 Å². The topological polar surface area (TPSA) is 131 Å². The van der Waals surface area contributed by atoms with Crippen LogP contribution in [0.4, 0.5) is 0 Å². The van der Waals surface area contributed by atoms with Gasteiger partial charge in [-0.1, -0.05) is 172 Å². The van der Waals surface area contributed by atoms with Gasteiger partial charge in [-0.05, 0) is 70.6 Å². The zero-order valence-electron chi connectivity index (χ0n) is 36.8. The van der Waals surface area contributed by atoms with Crippen LogP contribution in [-0.4, -0.2) is 54.3 Å². The highest BCUT2D eigenvalue weighted by atomic mass is 31.2. The molecule has 334 valence electrons. The highest BCUT2D eigenvalue weighted by Gasteiger charge is 2.23. The van der Waals surface area contributed by atoms with Crippen molar-refractivity contribution < 1.29 is 37.9 Å². The predicted molar refractivity (Wildman–Crippen MR) is 238 cm³/mol. The number of unbranched alkanes of at least 4 members (excludes halogenated alkanes) is 25. The standard InChI is InChI=1S/C47H88NO8P/c1-3-5-7-9-11-13-15-17-19-21-23-25-27-29-31-33-35-37-39-46(50)48-41-42-55-57(52,53)56-44-45(49)43-54-47(51)40-38-36-34-32-30-28-26-24-22-20-18-16-14-12-10-8-6-4-2/h14,16,19-22,45,49H,3-13,15,17-18,23-44H2,1-2H3,(H,48,50)(H,52,53)/b16-14-,21-19-,22-20-. The van der Waals surface area contributed by atoms with Gasteiger partial charge in [0, 0.05) is 19.4 Å². The summed E-state index contributed by atoms with van der Waals surface area (Å²) in [5.74, 6) is -0.525. The molecule has 0 aliphatic carbocycles. The number of aliphatic hydroxyl groups is 1. The molecule has 10 heteroatoms. The molecule has 0 aromatic carbocycles. The van der Waals surface area contributed by atoms with Crippen LogP contribution < -0.4 is 5.32 Å². The lowest BCUT2D eigenvalue weighted by Crippen LogP contribution is -2.27. The van der Waals surface area contributed by atoms with Crippen LogP contribution in [0.5, 0.6) is 0 Å². The number of hydrogen-bond acceptors (Lipinski definition) is 7. The lowest BCUT2D eigenvalue weighted by molar-refractivity contribution is -0.147. The molecule has 3 N–H and O–H groups in total. The Kier molecular flexibility index (Phi) is 42.4. The van der Waals surface area contributed by atoms with Crippen molar-refractivity contribution in [2.45, 2.75) is 225 Å². The largest absolute Gasteiger partial charge is 0.472 e. The van der Waals surface area contributed by atoms with E-state index < -0.39 is 26.5 Å². The minimum atomic E-state index is -4.42. The van der Waals surface area contributed by atoms with Crippen molar-refractivity contribution in [2.24, 2.45) is 0 Å². The molecule has 0 aromatic rings. The summed E-state index contributed by atoms with van der Waals surface area (Å²) in [5.41, 5.74) is 0. The number of phosphoric ester groups is 1. The molecule has 0 saturated carbocycles. The fourth-order valence-corrected chi connectivity index (χ4v) is 7.22. The van der Waals surface area contributed by atoms with Gasteiger partial charge in [-0.15, -0.1) is 0 Å². The molecule has 0 aliphatic heterocycles. The van der Waals surface area contributed by atoms with Gasteiger partial charge in [-0.25, -0.2) is 4.57 Å². The molecule has 0 aromatic heterocycles. The number of aliphatic hydroxyl groups excluding tert-OH is 1. The van der Waals surface area contributed by atoms with Gasteiger partial charge >= 0.3 is 13.8 Å². The number of allylic oxidation sites excluding steroid dienone is 6. The fraction of sp³-hybridized carbons (Fsp3) is 0.830. The van der Waals surface area contributed by atoms with Crippen molar-refractivity contribution in [2.75, 3.05) is 26.4 Å². The molecular weight excluding hydrogens is 737 g/mol. The third kappa shape index (κ3) is 45.2. The van der Waals surface area contributed by atoms with Crippen LogP contribution in [0.3, 0.4) is 0 Å². The highest BCUT2D eigenvalue weighted by molar-refractivity contribution is 7.47. The number of ether oxygens (including phenoxy) is 1. The summed E-state index contributed by atoms with van der Waals surface area (Å²) in [7, 11) is -4.42. The molecule has 0 fully saturated rings. The number of carbonyl (C=O) groups excluding carboxylic acids is 2. The molecule has 2 atom stereocenters. The minimum absolute atomic E-state index is 0.0790. The summed E-state index contributed by atoms with van der Waals surface area (Å²) in [6.07, 6.45) is 49.3. The van der Waals surface area contributed by atoms with Crippen molar-refractivity contribution >= 4 is 19.7 Å². The summed E-state index contributed by atoms with van der Waals surface area (Å²) < 4.78 is 26.9. The maximum Gasteiger partial charge on any atom is 0.472 e. The van der Waals surface area contributed by atoms with Crippen LogP contribution in [0.2, 0.25) is 0 Å². The molecular formula is C47H88NO8P. The second-order valence-corrected chi connectivity index (χ2v) is 17.2. The van der Waals surface area contributed by atoms with E-state index >= 15 is 0 Å². The van der Waals surface area contributed by atoms with Gasteiger partial charge in [0.1, 0.15) is 12.7 Å². The van der Waals surface area contributed by atoms with E-state index in [1.54, 1.807) is 0 Å². The van der Waals surface area contributed by atoms with Gasteiger partial charge in [0.2, 0.25) is 5.91 Å². The van der Waals surface area contributed by atoms with E-state index in [0.717, 1.165) is 57.8 Å². The molecule has 0 bridgehead atoms. The molecule has 1 amide bonds. The second-order valence-electron chi connectivity index (χ2n) is 15.7. The minimum Gasteiger partial charge on any atom is -0.463 e. The first-order chi connectivity index (χ1) is 27.8. The summed E-state index contributed by atoms with van der Waals surface area (Å²) >= 11 is 0. The number of hydrogen-bond donors (Lipinski definition) is 3. The first kappa shape index (κ1) is 55.2. The van der Waals surface area contributed by atoms with E-state index in [9.17, 15) is 24.2 Å². The number of rotatable bonds is 44. The predicted octanol–water partition coefficient (Wildman–Crippen LogP) is 13.3. The Morgan fingerprint density at radius 2 is 0.947 bits per heavy atom. The molecule has 9 nitrogen and oxygen atoms in total. The molecule has 57 heavy (non-hydrogen) atoms. The van der Waals surface area contributed by atoms with Crippen LogP contribution in [-0.2, 0) is 27.9 Å². The Hall–Kier alpha value is -1.77. The van der Waals surface area contributed by atoms with E-state index in [1.807, 2.05) is 0 Å². The quantitative estimate of drug-likeness (QED) is 0.0239. The van der Waals surface area contributed by atoms with E-state index in [-0.39, 0.29) is 32.1 Å². The average molecular weight is 826 g/mol. The summed E-state index contributed by atoms with van der Waals surface area (Å²) in [5, 5.41) is 12.7. The highest BCUT2D eigenvalue weighted by Crippen LogP contribution is 2.42. The average Bonchev–Trinajstić information content (AvgIpc) is 3.20. The van der Waals surface area contributed by atoms with Gasteiger partial charge in [0.15, 0.2) is 0 Å². The fourth-order valence-electron chi connectivity index (χ4n) is 6.46. The third-order valence-electron chi connectivity index (χ3n) is 10.0.